The number of aryl methyl sites for hydroxylation is 1. The molecule has 2 N–H and O–H groups in total. The lowest BCUT2D eigenvalue weighted by Crippen LogP contribution is -2.44. The molecule has 1 saturated heterocycles. The van der Waals surface area contributed by atoms with Gasteiger partial charge in [-0.2, -0.15) is 0 Å². The normalized spacial score (nSPS) is 32.6. The van der Waals surface area contributed by atoms with E-state index < -0.39 is 30.4 Å². The first-order valence-electron chi connectivity index (χ1n) is 13.1. The van der Waals surface area contributed by atoms with Gasteiger partial charge in [-0.25, -0.2) is 4.79 Å². The number of aliphatic hydroxyl groups excluding tert-OH is 2. The van der Waals surface area contributed by atoms with Gasteiger partial charge in [0.15, 0.2) is 6.10 Å². The molecule has 0 amide bonds. The highest BCUT2D eigenvalue weighted by molar-refractivity contribution is 5.75. The molecule has 1 aliphatic heterocycles. The first-order valence-corrected chi connectivity index (χ1v) is 13.1. The minimum atomic E-state index is -0.739. The second-order valence-electron chi connectivity index (χ2n) is 10.5. The molecule has 1 aromatic carbocycles. The van der Waals surface area contributed by atoms with E-state index in [2.05, 4.69) is 13.0 Å². The lowest BCUT2D eigenvalue weighted by Gasteiger charge is -2.43. The monoisotopic (exact) mass is 498 g/mol. The molecule has 0 radical (unpaired) electrons. The molecule has 0 aromatic heterocycles. The fourth-order valence-corrected chi connectivity index (χ4v) is 5.78. The lowest BCUT2D eigenvalue weighted by molar-refractivity contribution is -0.165. The SMILES string of the molecule is CC[C@H](Oc1cccc(C)c1)C(=O)OC1CC(O)C=C2C=CC(C)C(CC[C@@H]3C[C@@H](O)CC(=O)O3)C21. The highest BCUT2D eigenvalue weighted by Crippen LogP contribution is 2.44. The van der Waals surface area contributed by atoms with E-state index in [0.29, 0.717) is 31.4 Å². The molecule has 0 spiro atoms. The molecular weight excluding hydrogens is 460 g/mol. The maximum atomic E-state index is 13.2. The predicted octanol–water partition coefficient (Wildman–Crippen LogP) is 4.04. The number of carbonyl (C=O) groups is 2. The maximum Gasteiger partial charge on any atom is 0.347 e. The number of hydrogen-bond acceptors (Lipinski definition) is 7. The van der Waals surface area contributed by atoms with Crippen LogP contribution >= 0.6 is 0 Å². The van der Waals surface area contributed by atoms with E-state index in [-0.39, 0.29) is 36.2 Å². The number of esters is 2. The van der Waals surface area contributed by atoms with Crippen LogP contribution in [0.4, 0.5) is 0 Å². The Kier molecular flexibility index (Phi) is 8.52. The van der Waals surface area contributed by atoms with E-state index in [4.69, 9.17) is 14.2 Å². The molecular formula is C29H38O7. The van der Waals surface area contributed by atoms with Crippen molar-refractivity contribution >= 4 is 11.9 Å². The summed E-state index contributed by atoms with van der Waals surface area (Å²) in [4.78, 5) is 25.0. The molecule has 0 bridgehead atoms. The number of carbonyl (C=O) groups excluding carboxylic acids is 2. The van der Waals surface area contributed by atoms with Gasteiger partial charge in [0.2, 0.25) is 0 Å². The molecule has 8 atom stereocenters. The number of benzene rings is 1. The van der Waals surface area contributed by atoms with Gasteiger partial charge in [0.1, 0.15) is 18.0 Å². The minimum Gasteiger partial charge on any atom is -0.479 e. The van der Waals surface area contributed by atoms with E-state index in [9.17, 15) is 19.8 Å². The molecule has 5 unspecified atom stereocenters. The number of ether oxygens (including phenoxy) is 3. The van der Waals surface area contributed by atoms with Gasteiger partial charge >= 0.3 is 11.9 Å². The molecule has 7 nitrogen and oxygen atoms in total. The van der Waals surface area contributed by atoms with Gasteiger partial charge in [0.05, 0.1) is 18.6 Å². The number of rotatable bonds is 8. The van der Waals surface area contributed by atoms with E-state index in [0.717, 1.165) is 17.6 Å². The summed E-state index contributed by atoms with van der Waals surface area (Å²) in [5.74, 6) is 0.128. The summed E-state index contributed by atoms with van der Waals surface area (Å²) in [5.41, 5.74) is 2.02. The van der Waals surface area contributed by atoms with Crippen LogP contribution < -0.4 is 4.74 Å². The smallest absolute Gasteiger partial charge is 0.347 e. The van der Waals surface area contributed by atoms with Crippen molar-refractivity contribution in [2.75, 3.05) is 0 Å². The summed E-state index contributed by atoms with van der Waals surface area (Å²) < 4.78 is 17.5. The van der Waals surface area contributed by atoms with Crippen LogP contribution in [0.2, 0.25) is 0 Å². The Morgan fingerprint density at radius 3 is 2.75 bits per heavy atom. The van der Waals surface area contributed by atoms with Crippen molar-refractivity contribution in [1.29, 1.82) is 0 Å². The number of aliphatic hydroxyl groups is 2. The van der Waals surface area contributed by atoms with Crippen LogP contribution in [0.15, 0.2) is 48.1 Å². The number of cyclic esters (lactones) is 1. The summed E-state index contributed by atoms with van der Waals surface area (Å²) in [6.07, 6.45) is 5.79. The Morgan fingerprint density at radius 2 is 2.03 bits per heavy atom. The molecule has 1 aromatic rings. The van der Waals surface area contributed by atoms with Crippen LogP contribution in [0.3, 0.4) is 0 Å². The molecule has 36 heavy (non-hydrogen) atoms. The second kappa shape index (κ2) is 11.6. The Labute approximate surface area is 213 Å². The lowest BCUT2D eigenvalue weighted by atomic mass is 9.66. The van der Waals surface area contributed by atoms with Crippen molar-refractivity contribution < 1.29 is 34.0 Å². The Balaban J connectivity index is 1.47. The summed E-state index contributed by atoms with van der Waals surface area (Å²) in [6, 6.07) is 7.57. The van der Waals surface area contributed by atoms with E-state index >= 15 is 0 Å². The van der Waals surface area contributed by atoms with Crippen molar-refractivity contribution in [2.24, 2.45) is 17.8 Å². The van der Waals surface area contributed by atoms with Crippen LogP contribution in [0, 0.1) is 24.7 Å². The zero-order valence-electron chi connectivity index (χ0n) is 21.3. The highest BCUT2D eigenvalue weighted by Gasteiger charge is 2.43. The molecule has 3 aliphatic rings. The van der Waals surface area contributed by atoms with Gasteiger partial charge in [-0.05, 0) is 61.3 Å². The van der Waals surface area contributed by atoms with Crippen LogP contribution in [0.1, 0.15) is 57.9 Å². The van der Waals surface area contributed by atoms with Crippen LogP contribution in [0.5, 0.6) is 5.75 Å². The molecule has 196 valence electrons. The quantitative estimate of drug-likeness (QED) is 0.522. The first kappa shape index (κ1) is 26.4. The fraction of sp³-hybridized carbons (Fsp3) is 0.586. The third kappa shape index (κ3) is 6.37. The zero-order chi connectivity index (χ0) is 25.8. The molecule has 4 rings (SSSR count). The van der Waals surface area contributed by atoms with E-state index in [1.807, 2.05) is 50.3 Å². The number of allylic oxidation sites excluding steroid dienone is 2. The Hall–Kier alpha value is -2.64. The number of fused-ring (bicyclic) bond motifs is 1. The minimum absolute atomic E-state index is 0.0493. The Morgan fingerprint density at radius 1 is 1.22 bits per heavy atom. The van der Waals surface area contributed by atoms with Crippen molar-refractivity contribution in [2.45, 2.75) is 89.8 Å². The van der Waals surface area contributed by atoms with Gasteiger partial charge in [-0.3, -0.25) is 4.79 Å². The second-order valence-corrected chi connectivity index (χ2v) is 10.5. The van der Waals surface area contributed by atoms with Crippen LogP contribution in [0.25, 0.3) is 0 Å². The van der Waals surface area contributed by atoms with Crippen LogP contribution in [-0.4, -0.2) is 52.7 Å². The topological polar surface area (TPSA) is 102 Å². The van der Waals surface area contributed by atoms with Gasteiger partial charge in [0, 0.05) is 18.8 Å². The summed E-state index contributed by atoms with van der Waals surface area (Å²) >= 11 is 0. The van der Waals surface area contributed by atoms with Crippen molar-refractivity contribution in [3.05, 3.63) is 53.6 Å². The standard InChI is InChI=1S/C29H38O7/c1-4-25(34-22-7-5-6-17(2)12-22)29(33)36-26-15-20(30)13-19-9-8-18(3)24(28(19)26)11-10-23-14-21(31)16-27(32)35-23/h5-9,12-13,18,20-21,23-26,28,30-31H,4,10-11,14-16H2,1-3H3/t18?,20?,21-,23-,24?,25+,26?,28?/m1/s1. The average Bonchev–Trinajstić information content (AvgIpc) is 2.81. The fourth-order valence-electron chi connectivity index (χ4n) is 5.78. The first-order chi connectivity index (χ1) is 17.2. The largest absolute Gasteiger partial charge is 0.479 e. The molecule has 0 saturated carbocycles. The van der Waals surface area contributed by atoms with Gasteiger partial charge < -0.3 is 24.4 Å². The molecule has 2 aliphatic carbocycles. The van der Waals surface area contributed by atoms with Crippen molar-refractivity contribution in [3.63, 3.8) is 0 Å². The van der Waals surface area contributed by atoms with Gasteiger partial charge in [-0.15, -0.1) is 0 Å². The van der Waals surface area contributed by atoms with Crippen molar-refractivity contribution in [1.82, 2.24) is 0 Å². The van der Waals surface area contributed by atoms with E-state index in [1.165, 1.54) is 0 Å². The van der Waals surface area contributed by atoms with E-state index in [1.54, 1.807) is 0 Å². The maximum absolute atomic E-state index is 13.2. The average molecular weight is 499 g/mol. The van der Waals surface area contributed by atoms with Gasteiger partial charge in [0.25, 0.3) is 0 Å². The molecule has 1 fully saturated rings. The van der Waals surface area contributed by atoms with Crippen LogP contribution in [-0.2, 0) is 19.1 Å². The summed E-state index contributed by atoms with van der Waals surface area (Å²) in [5, 5.41) is 20.5. The third-order valence-electron chi connectivity index (χ3n) is 7.60. The Bertz CT molecular complexity index is 999. The molecule has 7 heteroatoms. The highest BCUT2D eigenvalue weighted by atomic mass is 16.6. The summed E-state index contributed by atoms with van der Waals surface area (Å²) in [7, 11) is 0. The zero-order valence-corrected chi connectivity index (χ0v) is 21.3. The molecule has 1 heterocycles. The van der Waals surface area contributed by atoms with Crippen molar-refractivity contribution in [3.8, 4) is 5.75 Å². The third-order valence-corrected chi connectivity index (χ3v) is 7.60. The predicted molar refractivity (Wildman–Crippen MR) is 134 cm³/mol. The van der Waals surface area contributed by atoms with Gasteiger partial charge in [-0.1, -0.05) is 44.2 Å². The number of hydrogen-bond donors (Lipinski definition) is 2. The summed E-state index contributed by atoms with van der Waals surface area (Å²) in [6.45, 7) is 5.99.